The van der Waals surface area contributed by atoms with Gasteiger partial charge in [0.05, 0.1) is 11.3 Å². The van der Waals surface area contributed by atoms with E-state index in [1.54, 1.807) is 0 Å². The van der Waals surface area contributed by atoms with Crippen LogP contribution in [0.5, 0.6) is 0 Å². The van der Waals surface area contributed by atoms with Crippen LogP contribution in [0.25, 0.3) is 0 Å². The van der Waals surface area contributed by atoms with Gasteiger partial charge in [0.1, 0.15) is 6.07 Å². The molecule has 0 unspecified atom stereocenters. The number of anilines is 2. The lowest BCUT2D eigenvalue weighted by atomic mass is 10.1. The van der Waals surface area contributed by atoms with E-state index in [2.05, 4.69) is 22.0 Å². The second-order valence-corrected chi connectivity index (χ2v) is 5.24. The Morgan fingerprint density at radius 2 is 2.00 bits per heavy atom. The highest BCUT2D eigenvalue weighted by Gasteiger charge is 2.09. The van der Waals surface area contributed by atoms with Crippen LogP contribution < -0.4 is 10.6 Å². The van der Waals surface area contributed by atoms with Gasteiger partial charge in [0.15, 0.2) is 0 Å². The third kappa shape index (κ3) is 3.07. The maximum atomic E-state index is 9.16. The molecule has 0 saturated carbocycles. The van der Waals surface area contributed by atoms with E-state index in [4.69, 9.17) is 11.0 Å². The van der Waals surface area contributed by atoms with Crippen LogP contribution in [0.15, 0.2) is 46.9 Å². The molecule has 0 aliphatic rings. The molecule has 19 heavy (non-hydrogen) atoms. The fourth-order valence-electron chi connectivity index (χ4n) is 1.93. The number of para-hydroxylation sites is 1. The lowest BCUT2D eigenvalue weighted by Crippen LogP contribution is -2.18. The smallest absolute Gasteiger partial charge is 0.101 e. The second kappa shape index (κ2) is 5.77. The summed E-state index contributed by atoms with van der Waals surface area (Å²) in [6.07, 6.45) is 0. The maximum absolute atomic E-state index is 9.16. The van der Waals surface area contributed by atoms with Crippen LogP contribution in [0, 0.1) is 11.3 Å². The van der Waals surface area contributed by atoms with E-state index >= 15 is 0 Å². The highest BCUT2D eigenvalue weighted by molar-refractivity contribution is 9.10. The fraction of sp³-hybridized carbons (Fsp3) is 0.133. The van der Waals surface area contributed by atoms with E-state index in [1.165, 1.54) is 0 Å². The average Bonchev–Trinajstić information content (AvgIpc) is 2.41. The van der Waals surface area contributed by atoms with Crippen LogP contribution in [-0.4, -0.2) is 7.05 Å². The minimum absolute atomic E-state index is 0.653. The normalized spacial score (nSPS) is 9.95. The molecule has 0 aromatic heterocycles. The van der Waals surface area contributed by atoms with E-state index in [0.717, 1.165) is 21.4 Å². The summed E-state index contributed by atoms with van der Waals surface area (Å²) in [6.45, 7) is 0.664. The van der Waals surface area contributed by atoms with Crippen molar-refractivity contribution in [1.82, 2.24) is 0 Å². The van der Waals surface area contributed by atoms with Gasteiger partial charge in [-0.25, -0.2) is 0 Å². The van der Waals surface area contributed by atoms with Crippen molar-refractivity contribution in [2.45, 2.75) is 6.54 Å². The van der Waals surface area contributed by atoms with Gasteiger partial charge in [-0.2, -0.15) is 5.26 Å². The van der Waals surface area contributed by atoms with Crippen molar-refractivity contribution in [1.29, 1.82) is 5.26 Å². The number of benzene rings is 2. The van der Waals surface area contributed by atoms with Crippen LogP contribution in [0.4, 0.5) is 11.4 Å². The van der Waals surface area contributed by atoms with E-state index in [0.29, 0.717) is 12.1 Å². The summed E-state index contributed by atoms with van der Waals surface area (Å²) in [5, 5.41) is 9.16. The van der Waals surface area contributed by atoms with Gasteiger partial charge in [-0.3, -0.25) is 0 Å². The van der Waals surface area contributed by atoms with Crippen LogP contribution >= 0.6 is 15.9 Å². The number of hydrogen-bond acceptors (Lipinski definition) is 3. The first-order chi connectivity index (χ1) is 9.11. The van der Waals surface area contributed by atoms with E-state index in [9.17, 15) is 0 Å². The Morgan fingerprint density at radius 3 is 2.68 bits per heavy atom. The van der Waals surface area contributed by atoms with Crippen molar-refractivity contribution >= 4 is 27.3 Å². The van der Waals surface area contributed by atoms with Gasteiger partial charge in [-0.05, 0) is 29.8 Å². The predicted molar refractivity (Wildman–Crippen MR) is 81.8 cm³/mol. The van der Waals surface area contributed by atoms with E-state index < -0.39 is 0 Å². The highest BCUT2D eigenvalue weighted by Crippen LogP contribution is 2.26. The van der Waals surface area contributed by atoms with Gasteiger partial charge in [0, 0.05) is 23.8 Å². The molecule has 0 heterocycles. The van der Waals surface area contributed by atoms with Crippen molar-refractivity contribution in [2.75, 3.05) is 17.7 Å². The molecule has 0 aliphatic heterocycles. The third-order valence-corrected chi connectivity index (χ3v) is 3.45. The monoisotopic (exact) mass is 315 g/mol. The molecule has 0 saturated heterocycles. The van der Waals surface area contributed by atoms with Crippen LogP contribution in [-0.2, 0) is 6.54 Å². The number of nitrogens with two attached hydrogens (primary N) is 1. The quantitative estimate of drug-likeness (QED) is 0.881. The molecule has 0 radical (unpaired) electrons. The maximum Gasteiger partial charge on any atom is 0.101 e. The molecule has 3 nitrogen and oxygen atoms in total. The summed E-state index contributed by atoms with van der Waals surface area (Å²) in [6, 6.07) is 15.6. The summed E-state index contributed by atoms with van der Waals surface area (Å²) in [4.78, 5) is 2.02. The van der Waals surface area contributed by atoms with Crippen molar-refractivity contribution in [3.05, 3.63) is 58.1 Å². The molecule has 0 bridgehead atoms. The number of nitrogen functional groups attached to an aromatic ring is 1. The van der Waals surface area contributed by atoms with Crippen molar-refractivity contribution in [3.8, 4) is 6.07 Å². The van der Waals surface area contributed by atoms with Crippen molar-refractivity contribution < 1.29 is 0 Å². The number of nitriles is 1. The lowest BCUT2D eigenvalue weighted by molar-refractivity contribution is 0.922. The molecule has 2 N–H and O–H groups in total. The van der Waals surface area contributed by atoms with Gasteiger partial charge in [-0.1, -0.05) is 34.1 Å². The molecule has 96 valence electrons. The number of hydrogen-bond donors (Lipinski definition) is 1. The highest BCUT2D eigenvalue weighted by atomic mass is 79.9. The summed E-state index contributed by atoms with van der Waals surface area (Å²) in [5.74, 6) is 0. The minimum atomic E-state index is 0.653. The van der Waals surface area contributed by atoms with Gasteiger partial charge in [-0.15, -0.1) is 0 Å². The predicted octanol–water partition coefficient (Wildman–Crippen LogP) is 3.54. The summed E-state index contributed by atoms with van der Waals surface area (Å²) in [7, 11) is 1.95. The molecule has 0 atom stereocenters. The third-order valence-electron chi connectivity index (χ3n) is 2.95. The Balaban J connectivity index is 2.30. The average molecular weight is 316 g/mol. The van der Waals surface area contributed by atoms with E-state index in [1.807, 2.05) is 54.4 Å². The van der Waals surface area contributed by atoms with Gasteiger partial charge in [0.2, 0.25) is 0 Å². The SMILES string of the molecule is CN(Cc1ccccc1N)c1cc(Br)ccc1C#N. The first kappa shape index (κ1) is 13.4. The minimum Gasteiger partial charge on any atom is -0.398 e. The lowest BCUT2D eigenvalue weighted by Gasteiger charge is -2.21. The molecule has 2 aromatic rings. The molecule has 0 amide bonds. The number of rotatable bonds is 3. The number of halogens is 1. The zero-order chi connectivity index (χ0) is 13.8. The number of nitrogens with zero attached hydrogens (tertiary/aromatic N) is 2. The summed E-state index contributed by atoms with van der Waals surface area (Å²) >= 11 is 3.43. The van der Waals surface area contributed by atoms with Crippen molar-refractivity contribution in [2.24, 2.45) is 0 Å². The Bertz CT molecular complexity index is 632. The fourth-order valence-corrected chi connectivity index (χ4v) is 2.28. The van der Waals surface area contributed by atoms with Gasteiger partial charge < -0.3 is 10.6 Å². The molecule has 2 rings (SSSR count). The second-order valence-electron chi connectivity index (χ2n) is 4.33. The van der Waals surface area contributed by atoms with Crippen LogP contribution in [0.3, 0.4) is 0 Å². The zero-order valence-electron chi connectivity index (χ0n) is 10.6. The molecule has 4 heteroatoms. The molecular weight excluding hydrogens is 302 g/mol. The standard InChI is InChI=1S/C15H14BrN3/c1-19(10-12-4-2-3-5-14(12)18)15-8-13(16)7-6-11(15)9-17/h2-8H,10,18H2,1H3. The van der Waals surface area contributed by atoms with Crippen molar-refractivity contribution in [3.63, 3.8) is 0 Å². The van der Waals surface area contributed by atoms with Gasteiger partial charge in [0.25, 0.3) is 0 Å². The Morgan fingerprint density at radius 1 is 1.26 bits per heavy atom. The summed E-state index contributed by atoms with van der Waals surface area (Å²) < 4.78 is 0.953. The first-order valence-corrected chi connectivity index (χ1v) is 6.65. The largest absolute Gasteiger partial charge is 0.398 e. The summed E-state index contributed by atoms with van der Waals surface area (Å²) in [5.41, 5.74) is 9.30. The molecular formula is C15H14BrN3. The molecule has 0 fully saturated rings. The zero-order valence-corrected chi connectivity index (χ0v) is 12.2. The van der Waals surface area contributed by atoms with Crippen LogP contribution in [0.1, 0.15) is 11.1 Å². The topological polar surface area (TPSA) is 53.0 Å². The molecule has 0 aliphatic carbocycles. The Hall–Kier alpha value is -1.99. The van der Waals surface area contributed by atoms with Gasteiger partial charge >= 0.3 is 0 Å². The first-order valence-electron chi connectivity index (χ1n) is 5.86. The Labute approximate surface area is 121 Å². The van der Waals surface area contributed by atoms with Crippen LogP contribution in [0.2, 0.25) is 0 Å². The van der Waals surface area contributed by atoms with E-state index in [-0.39, 0.29) is 0 Å². The molecule has 2 aromatic carbocycles. The Kier molecular flexibility index (Phi) is 4.08. The molecule has 0 spiro atoms.